The lowest BCUT2D eigenvalue weighted by Crippen LogP contribution is -2.38. The van der Waals surface area contributed by atoms with Gasteiger partial charge in [-0.1, -0.05) is 23.2 Å². The van der Waals surface area contributed by atoms with Crippen molar-refractivity contribution in [3.05, 3.63) is 99.4 Å². The Bertz CT molecular complexity index is 1530. The van der Waals surface area contributed by atoms with E-state index in [0.29, 0.717) is 26.7 Å². The number of anilines is 2. The van der Waals surface area contributed by atoms with Crippen LogP contribution in [0.3, 0.4) is 0 Å². The van der Waals surface area contributed by atoms with Gasteiger partial charge in [-0.25, -0.2) is 4.98 Å². The molecule has 0 saturated heterocycles. The molecule has 1 atom stereocenters. The Hall–Kier alpha value is -4.38. The number of amides is 1. The molecule has 39 heavy (non-hydrogen) atoms. The van der Waals surface area contributed by atoms with Crippen molar-refractivity contribution >= 4 is 46.4 Å². The molecule has 2 heterocycles. The van der Waals surface area contributed by atoms with E-state index in [1.807, 2.05) is 0 Å². The second-order valence-electron chi connectivity index (χ2n) is 8.47. The Morgan fingerprint density at radius 3 is 2.59 bits per heavy atom. The highest BCUT2D eigenvalue weighted by Crippen LogP contribution is 2.34. The van der Waals surface area contributed by atoms with Gasteiger partial charge in [-0.05, 0) is 55.5 Å². The zero-order valence-electron chi connectivity index (χ0n) is 20.6. The van der Waals surface area contributed by atoms with E-state index in [9.17, 15) is 15.1 Å². The molecule has 0 saturated carbocycles. The van der Waals surface area contributed by atoms with E-state index in [0.717, 1.165) is 0 Å². The summed E-state index contributed by atoms with van der Waals surface area (Å²) in [5.74, 6) is -0.207. The number of nitrogen functional groups attached to an aromatic ring is 1. The summed E-state index contributed by atoms with van der Waals surface area (Å²) in [6.45, 7) is 1.52. The summed E-state index contributed by atoms with van der Waals surface area (Å²) in [6, 6.07) is 17.0. The van der Waals surface area contributed by atoms with Crippen molar-refractivity contribution in [2.75, 3.05) is 17.7 Å². The van der Waals surface area contributed by atoms with Crippen molar-refractivity contribution in [3.8, 4) is 22.8 Å². The zero-order chi connectivity index (χ0) is 28.1. The van der Waals surface area contributed by atoms with Crippen LogP contribution in [0.2, 0.25) is 10.0 Å². The Labute approximate surface area is 234 Å². The minimum absolute atomic E-state index is 0.0573. The molecule has 0 spiro atoms. The van der Waals surface area contributed by atoms with Crippen LogP contribution in [0.1, 0.15) is 23.0 Å². The van der Waals surface area contributed by atoms with Gasteiger partial charge in [0.1, 0.15) is 28.7 Å². The smallest absolute Gasteiger partial charge is 0.321 e. The van der Waals surface area contributed by atoms with Crippen LogP contribution in [-0.4, -0.2) is 34.5 Å². The highest BCUT2D eigenvalue weighted by atomic mass is 35.5. The van der Waals surface area contributed by atoms with E-state index >= 15 is 0 Å². The van der Waals surface area contributed by atoms with Gasteiger partial charge < -0.3 is 31.4 Å². The molecule has 0 aliphatic rings. The number of ether oxygens (including phenoxy) is 1. The standard InChI is InChI=1S/C27H24Cl2N6O4/c1-15(14-36)33-26(31)24-23(11-12-32-25(24)30)39-22-10-9-18(13-19(22)29)34-27(37)21-4-2-3-20(35(21)38)16-5-7-17(28)8-6-16/h2-13,15,36H,14H2,1H3,(H2,30,32)(H2,31,33)(H,34,37)/t15-/m1/s1. The molecule has 2 aromatic heterocycles. The van der Waals surface area contributed by atoms with Crippen LogP contribution in [0.5, 0.6) is 11.5 Å². The van der Waals surface area contributed by atoms with Crippen molar-refractivity contribution in [1.82, 2.24) is 10.3 Å². The van der Waals surface area contributed by atoms with Gasteiger partial charge in [0.25, 0.3) is 5.69 Å². The van der Waals surface area contributed by atoms with Crippen molar-refractivity contribution in [3.63, 3.8) is 0 Å². The van der Waals surface area contributed by atoms with Gasteiger partial charge in [-0.2, -0.15) is 4.73 Å². The van der Waals surface area contributed by atoms with E-state index in [1.54, 1.807) is 49.4 Å². The maximum absolute atomic E-state index is 12.9. The maximum atomic E-state index is 12.9. The highest BCUT2D eigenvalue weighted by Gasteiger charge is 2.21. The minimum atomic E-state index is -0.632. The van der Waals surface area contributed by atoms with Gasteiger partial charge >= 0.3 is 5.91 Å². The Balaban J connectivity index is 1.54. The van der Waals surface area contributed by atoms with Gasteiger partial charge in [0.2, 0.25) is 5.69 Å². The first kappa shape index (κ1) is 27.6. The lowest BCUT2D eigenvalue weighted by atomic mass is 10.1. The summed E-state index contributed by atoms with van der Waals surface area (Å²) in [4.78, 5) is 16.9. The fourth-order valence-corrected chi connectivity index (χ4v) is 3.98. The number of nitrogens with one attached hydrogen (secondary N) is 3. The fourth-order valence-electron chi connectivity index (χ4n) is 3.63. The maximum Gasteiger partial charge on any atom is 0.321 e. The number of benzene rings is 2. The van der Waals surface area contributed by atoms with Gasteiger partial charge in [0.05, 0.1) is 11.6 Å². The molecule has 0 radical (unpaired) electrons. The molecule has 4 aromatic rings. The molecule has 4 rings (SSSR count). The van der Waals surface area contributed by atoms with E-state index < -0.39 is 11.9 Å². The Kier molecular flexibility index (Phi) is 8.50. The van der Waals surface area contributed by atoms with Gasteiger partial charge in [0.15, 0.2) is 0 Å². The van der Waals surface area contributed by atoms with Crippen molar-refractivity contribution in [2.45, 2.75) is 13.0 Å². The van der Waals surface area contributed by atoms with Gasteiger partial charge in [-0.15, -0.1) is 0 Å². The van der Waals surface area contributed by atoms with Crippen LogP contribution >= 0.6 is 23.2 Å². The quantitative estimate of drug-likeness (QED) is 0.0899. The number of halogens is 2. The van der Waals surface area contributed by atoms with Crippen molar-refractivity contribution < 1.29 is 19.4 Å². The predicted molar refractivity (Wildman–Crippen MR) is 150 cm³/mol. The van der Waals surface area contributed by atoms with Crippen LogP contribution in [0, 0.1) is 10.6 Å². The number of aliphatic hydroxyl groups excluding tert-OH is 1. The number of carbonyl (C=O) groups is 1. The molecule has 200 valence electrons. The van der Waals surface area contributed by atoms with E-state index in [1.165, 1.54) is 30.5 Å². The summed E-state index contributed by atoms with van der Waals surface area (Å²) < 4.78 is 6.47. The average molecular weight is 567 g/mol. The number of hydrogen-bond acceptors (Lipinski definition) is 7. The van der Waals surface area contributed by atoms with Crippen LogP contribution in [-0.2, 0) is 0 Å². The summed E-state index contributed by atoms with van der Waals surface area (Å²) >= 11 is 12.4. The molecule has 6 N–H and O–H groups in total. The molecule has 12 heteroatoms. The van der Waals surface area contributed by atoms with E-state index in [2.05, 4.69) is 15.6 Å². The van der Waals surface area contributed by atoms with Crippen molar-refractivity contribution in [1.29, 1.82) is 5.41 Å². The number of carbonyl (C=O) groups excluding carboxylic acids is 1. The number of aliphatic hydroxyl groups is 1. The number of hydrogen-bond donors (Lipinski definition) is 5. The number of nitrogens with zero attached hydrogens (tertiary/aromatic N) is 2. The van der Waals surface area contributed by atoms with Crippen LogP contribution in [0.15, 0.2) is 72.9 Å². The summed E-state index contributed by atoms with van der Waals surface area (Å²) in [6.07, 6.45) is 1.43. The zero-order valence-corrected chi connectivity index (χ0v) is 22.1. The summed E-state index contributed by atoms with van der Waals surface area (Å²) in [5.41, 5.74) is 7.30. The Morgan fingerprint density at radius 2 is 1.90 bits per heavy atom. The molecule has 1 amide bonds. The highest BCUT2D eigenvalue weighted by molar-refractivity contribution is 6.32. The molecule has 10 nitrogen and oxygen atoms in total. The number of pyridine rings is 2. The number of rotatable bonds is 8. The second-order valence-corrected chi connectivity index (χ2v) is 9.31. The number of amidine groups is 1. The minimum Gasteiger partial charge on any atom is -0.618 e. The molecular weight excluding hydrogens is 543 g/mol. The lowest BCUT2D eigenvalue weighted by molar-refractivity contribution is -0.595. The fraction of sp³-hybridized carbons (Fsp3) is 0.111. The molecule has 2 aromatic carbocycles. The summed E-state index contributed by atoms with van der Waals surface area (Å²) in [5, 5.41) is 36.7. The topological polar surface area (TPSA) is 160 Å². The molecule has 0 bridgehead atoms. The second kappa shape index (κ2) is 12.0. The normalized spacial score (nSPS) is 11.5. The number of aromatic nitrogens is 2. The third-order valence-electron chi connectivity index (χ3n) is 5.58. The van der Waals surface area contributed by atoms with E-state index in [-0.39, 0.29) is 46.0 Å². The van der Waals surface area contributed by atoms with E-state index in [4.69, 9.17) is 39.1 Å². The molecular formula is C27H24Cl2N6O4. The third-order valence-corrected chi connectivity index (χ3v) is 6.13. The lowest BCUT2D eigenvalue weighted by Gasteiger charge is -2.18. The Morgan fingerprint density at radius 1 is 1.15 bits per heavy atom. The molecule has 0 unspecified atom stereocenters. The first-order valence-electron chi connectivity index (χ1n) is 11.7. The SMILES string of the molecule is C[C@H](CO)NC(=N)c1c(Oc2ccc(NC(=O)c3cccc(-c4ccc(Cl)cc4)[n+]3[O-])cc2Cl)ccnc1N. The van der Waals surface area contributed by atoms with Gasteiger partial charge in [-0.3, -0.25) is 10.2 Å². The predicted octanol–water partition coefficient (Wildman–Crippen LogP) is 4.61. The number of nitrogens with two attached hydrogens (primary N) is 1. The van der Waals surface area contributed by atoms with Crippen molar-refractivity contribution in [2.24, 2.45) is 0 Å². The largest absolute Gasteiger partial charge is 0.618 e. The summed E-state index contributed by atoms with van der Waals surface area (Å²) in [7, 11) is 0. The van der Waals surface area contributed by atoms with Crippen LogP contribution < -0.4 is 25.8 Å². The molecule has 0 fully saturated rings. The first-order valence-corrected chi connectivity index (χ1v) is 12.4. The van der Waals surface area contributed by atoms with Crippen LogP contribution in [0.25, 0.3) is 11.3 Å². The van der Waals surface area contributed by atoms with Crippen LogP contribution in [0.4, 0.5) is 11.5 Å². The third kappa shape index (κ3) is 6.37. The monoisotopic (exact) mass is 566 g/mol. The molecule has 0 aliphatic heterocycles. The average Bonchev–Trinajstić information content (AvgIpc) is 2.90. The van der Waals surface area contributed by atoms with Gasteiger partial charge in [0, 0.05) is 46.7 Å². The molecule has 0 aliphatic carbocycles. The first-order chi connectivity index (χ1) is 18.7.